The van der Waals surface area contributed by atoms with Crippen molar-refractivity contribution in [2.45, 2.75) is 419 Å². The van der Waals surface area contributed by atoms with E-state index < -0.39 is 6.10 Å². The molecule has 0 rings (SSSR count). The lowest BCUT2D eigenvalue weighted by Gasteiger charge is -2.18. The van der Waals surface area contributed by atoms with Crippen LogP contribution in [0.4, 0.5) is 0 Å². The van der Waals surface area contributed by atoms with E-state index in [0.29, 0.717) is 19.3 Å². The number of hydrogen-bond donors (Lipinski definition) is 0. The van der Waals surface area contributed by atoms with Crippen molar-refractivity contribution < 1.29 is 28.6 Å². The minimum absolute atomic E-state index is 0.0635. The fourth-order valence-electron chi connectivity index (χ4n) is 11.2. The number of esters is 3. The Kier molecular flexibility index (Phi) is 67.6. The molecule has 1 unspecified atom stereocenters. The minimum Gasteiger partial charge on any atom is -0.462 e. The largest absolute Gasteiger partial charge is 0.462 e. The second-order valence-electron chi connectivity index (χ2n) is 24.9. The Labute approximate surface area is 500 Å². The average molecular weight is 1130 g/mol. The summed E-state index contributed by atoms with van der Waals surface area (Å²) in [5.74, 6) is -0.828. The average Bonchev–Trinajstić information content (AvgIpc) is 3.46. The highest BCUT2D eigenvalue weighted by Crippen LogP contribution is 2.19. The molecular formula is C74H140O6. The first kappa shape index (κ1) is 77.9. The molecule has 0 aromatic rings. The number of carbonyl (C=O) groups excluding carboxylic acids is 3. The summed E-state index contributed by atoms with van der Waals surface area (Å²) < 4.78 is 17.0. The van der Waals surface area contributed by atoms with Crippen LogP contribution in [0.1, 0.15) is 412 Å². The second-order valence-corrected chi connectivity index (χ2v) is 24.9. The normalized spacial score (nSPS) is 12.1. The van der Waals surface area contributed by atoms with Gasteiger partial charge in [0.15, 0.2) is 6.10 Å². The Bertz CT molecular complexity index is 1290. The lowest BCUT2D eigenvalue weighted by atomic mass is 10.0. The highest BCUT2D eigenvalue weighted by molar-refractivity contribution is 5.71. The molecule has 0 aromatic carbocycles. The van der Waals surface area contributed by atoms with E-state index >= 15 is 0 Å². The molecule has 0 saturated heterocycles. The molecule has 0 aliphatic heterocycles. The summed E-state index contributed by atoms with van der Waals surface area (Å²) >= 11 is 0. The zero-order valence-corrected chi connectivity index (χ0v) is 54.4. The van der Waals surface area contributed by atoms with Crippen molar-refractivity contribution in [1.82, 2.24) is 0 Å². The Morgan fingerprint density at radius 1 is 0.250 bits per heavy atom. The lowest BCUT2D eigenvalue weighted by Crippen LogP contribution is -2.30. The molecule has 0 saturated carbocycles. The van der Waals surface area contributed by atoms with Gasteiger partial charge in [-0.3, -0.25) is 14.4 Å². The first-order chi connectivity index (χ1) is 39.5. The molecule has 0 aliphatic carbocycles. The summed E-state index contributed by atoms with van der Waals surface area (Å²) in [6, 6.07) is 0. The van der Waals surface area contributed by atoms with Gasteiger partial charge in [-0.2, -0.15) is 0 Å². The van der Waals surface area contributed by atoms with E-state index in [1.807, 2.05) is 0 Å². The fourth-order valence-corrected chi connectivity index (χ4v) is 11.2. The van der Waals surface area contributed by atoms with Crippen LogP contribution in [-0.4, -0.2) is 37.2 Å². The van der Waals surface area contributed by atoms with Crippen molar-refractivity contribution in [3.05, 3.63) is 24.3 Å². The van der Waals surface area contributed by atoms with E-state index in [1.54, 1.807) is 0 Å². The lowest BCUT2D eigenvalue weighted by molar-refractivity contribution is -0.167. The molecule has 0 N–H and O–H groups in total. The smallest absolute Gasteiger partial charge is 0.306 e. The van der Waals surface area contributed by atoms with Crippen LogP contribution in [-0.2, 0) is 28.6 Å². The number of carbonyl (C=O) groups is 3. The van der Waals surface area contributed by atoms with Crippen molar-refractivity contribution in [3.63, 3.8) is 0 Å². The molecule has 0 aliphatic rings. The second kappa shape index (κ2) is 69.4. The van der Waals surface area contributed by atoms with Gasteiger partial charge >= 0.3 is 17.9 Å². The number of hydrogen-bond acceptors (Lipinski definition) is 6. The summed E-state index contributed by atoms with van der Waals surface area (Å²) in [5.41, 5.74) is 0. The Balaban J connectivity index is 4.19. The topological polar surface area (TPSA) is 78.9 Å². The summed E-state index contributed by atoms with van der Waals surface area (Å²) in [6.07, 6.45) is 85.0. The van der Waals surface area contributed by atoms with Crippen LogP contribution >= 0.6 is 0 Å². The van der Waals surface area contributed by atoms with Gasteiger partial charge in [-0.25, -0.2) is 0 Å². The van der Waals surface area contributed by atoms with Crippen molar-refractivity contribution in [1.29, 1.82) is 0 Å². The third-order valence-corrected chi connectivity index (χ3v) is 16.7. The van der Waals surface area contributed by atoms with E-state index in [2.05, 4.69) is 45.1 Å². The van der Waals surface area contributed by atoms with Gasteiger partial charge in [-0.15, -0.1) is 0 Å². The molecular weight excluding hydrogens is 985 g/mol. The third-order valence-electron chi connectivity index (χ3n) is 16.7. The maximum absolute atomic E-state index is 13.0. The zero-order valence-electron chi connectivity index (χ0n) is 54.4. The molecule has 80 heavy (non-hydrogen) atoms. The van der Waals surface area contributed by atoms with E-state index in [1.165, 1.54) is 308 Å². The molecule has 0 fully saturated rings. The molecule has 0 aromatic heterocycles. The zero-order chi connectivity index (χ0) is 57.8. The van der Waals surface area contributed by atoms with Gasteiger partial charge in [-0.1, -0.05) is 366 Å². The van der Waals surface area contributed by atoms with Crippen molar-refractivity contribution in [2.24, 2.45) is 0 Å². The summed E-state index contributed by atoms with van der Waals surface area (Å²) in [5, 5.41) is 0. The highest BCUT2D eigenvalue weighted by atomic mass is 16.6. The molecule has 6 heteroatoms. The van der Waals surface area contributed by atoms with Gasteiger partial charge in [0, 0.05) is 19.3 Å². The first-order valence-electron chi connectivity index (χ1n) is 36.3. The molecule has 0 bridgehead atoms. The Hall–Kier alpha value is -2.11. The molecule has 472 valence electrons. The van der Waals surface area contributed by atoms with E-state index in [-0.39, 0.29) is 31.1 Å². The summed E-state index contributed by atoms with van der Waals surface area (Å²) in [6.45, 7) is 6.72. The Morgan fingerprint density at radius 3 is 0.688 bits per heavy atom. The van der Waals surface area contributed by atoms with E-state index in [9.17, 15) is 14.4 Å². The molecule has 0 radical (unpaired) electrons. The highest BCUT2D eigenvalue weighted by Gasteiger charge is 2.19. The van der Waals surface area contributed by atoms with Crippen LogP contribution < -0.4 is 0 Å². The van der Waals surface area contributed by atoms with Crippen molar-refractivity contribution >= 4 is 17.9 Å². The maximum Gasteiger partial charge on any atom is 0.306 e. The molecule has 0 heterocycles. The number of rotatable bonds is 68. The predicted molar refractivity (Wildman–Crippen MR) is 349 cm³/mol. The fraction of sp³-hybridized carbons (Fsp3) is 0.905. The van der Waals surface area contributed by atoms with Gasteiger partial charge in [0.1, 0.15) is 13.2 Å². The minimum atomic E-state index is -0.767. The standard InChI is InChI=1S/C74H140O6/c1-4-7-10-13-16-19-22-25-27-29-31-33-35-36-37-38-39-41-42-44-46-49-52-55-58-61-64-67-73(76)79-70-71(69-78-72(75)66-63-60-57-54-51-48-24-21-18-15-12-9-6-3)80-74(77)68-65-62-59-56-53-50-47-45-43-40-34-32-30-28-26-23-20-17-14-11-8-5-2/h22,25,29,31,71H,4-21,23-24,26-28,30,32-70H2,1-3H3/b25-22-,31-29-. The number of allylic oxidation sites excluding steroid dienone is 4. The van der Waals surface area contributed by atoms with Crippen molar-refractivity contribution in [3.8, 4) is 0 Å². The first-order valence-corrected chi connectivity index (χ1v) is 36.3. The van der Waals surface area contributed by atoms with E-state index in [0.717, 1.165) is 64.2 Å². The molecule has 0 amide bonds. The van der Waals surface area contributed by atoms with Gasteiger partial charge in [-0.05, 0) is 51.4 Å². The number of unbranched alkanes of at least 4 members (excludes halogenated alkanes) is 53. The number of ether oxygens (including phenoxy) is 3. The Morgan fingerprint density at radius 2 is 0.450 bits per heavy atom. The predicted octanol–water partition coefficient (Wildman–Crippen LogP) is 25.0. The van der Waals surface area contributed by atoms with E-state index in [4.69, 9.17) is 14.2 Å². The quantitative estimate of drug-likeness (QED) is 0.0261. The van der Waals surface area contributed by atoms with Crippen molar-refractivity contribution in [2.75, 3.05) is 13.2 Å². The molecule has 0 spiro atoms. The van der Waals surface area contributed by atoms with Crippen LogP contribution in [0.3, 0.4) is 0 Å². The maximum atomic E-state index is 13.0. The summed E-state index contributed by atoms with van der Waals surface area (Å²) in [4.78, 5) is 38.4. The van der Waals surface area contributed by atoms with Crippen LogP contribution in [0.15, 0.2) is 24.3 Å². The SMILES string of the molecule is CCCCCCC/C=C\C/C=C\CCCCCCCCCCCCCCCCCC(=O)OCC(COC(=O)CCCCCCCCCCCCCCC)OC(=O)CCCCCCCCCCCCCCCCCCCCCCCC. The third kappa shape index (κ3) is 66.7. The summed E-state index contributed by atoms with van der Waals surface area (Å²) in [7, 11) is 0. The van der Waals surface area contributed by atoms with Crippen LogP contribution in [0, 0.1) is 0 Å². The van der Waals surface area contributed by atoms with Gasteiger partial charge < -0.3 is 14.2 Å². The van der Waals surface area contributed by atoms with Gasteiger partial charge in [0.2, 0.25) is 0 Å². The van der Waals surface area contributed by atoms with Crippen LogP contribution in [0.2, 0.25) is 0 Å². The molecule has 1 atom stereocenters. The molecule has 6 nitrogen and oxygen atoms in total. The van der Waals surface area contributed by atoms with Gasteiger partial charge in [0.05, 0.1) is 0 Å². The van der Waals surface area contributed by atoms with Crippen LogP contribution in [0.25, 0.3) is 0 Å². The van der Waals surface area contributed by atoms with Gasteiger partial charge in [0.25, 0.3) is 0 Å². The monoisotopic (exact) mass is 1130 g/mol. The van der Waals surface area contributed by atoms with Crippen LogP contribution in [0.5, 0.6) is 0 Å².